The van der Waals surface area contributed by atoms with Gasteiger partial charge in [-0.25, -0.2) is 0 Å². The molecule has 6 rings (SSSR count). The number of aromatic nitrogens is 8. The van der Waals surface area contributed by atoms with Crippen molar-refractivity contribution in [2.24, 2.45) is 0 Å². The number of hydrogen-bond acceptors (Lipinski definition) is 13. The van der Waals surface area contributed by atoms with E-state index in [0.717, 1.165) is 22.3 Å². The fourth-order valence-electron chi connectivity index (χ4n) is 2.89. The van der Waals surface area contributed by atoms with E-state index in [0.29, 0.717) is 23.6 Å². The van der Waals surface area contributed by atoms with Crippen LogP contribution in [0.2, 0.25) is 0 Å². The summed E-state index contributed by atoms with van der Waals surface area (Å²) in [5.41, 5.74) is 3.42. The molecule has 0 aliphatic carbocycles. The molecule has 0 fully saturated rings. The van der Waals surface area contributed by atoms with Crippen LogP contribution in [0.25, 0.3) is 45.8 Å². The normalized spacial score (nSPS) is 9.40. The largest absolute Gasteiger partial charge is 1.00 e. The molecule has 0 aliphatic heterocycles. The van der Waals surface area contributed by atoms with Crippen LogP contribution in [-0.2, 0) is 22.4 Å². The molecule has 0 aromatic carbocycles. The quantitative estimate of drug-likeness (QED) is 0.154. The first-order valence-corrected chi connectivity index (χ1v) is 10.7. The van der Waals surface area contributed by atoms with Crippen LogP contribution in [-0.4, -0.2) is 50.9 Å². The summed E-state index contributed by atoms with van der Waals surface area (Å²) in [7, 11) is 0. The van der Waals surface area contributed by atoms with Gasteiger partial charge < -0.3 is 29.6 Å². The van der Waals surface area contributed by atoms with Gasteiger partial charge in [-0.3, -0.25) is 19.9 Å². The molecular weight excluding hydrogens is 618 g/mol. The predicted molar refractivity (Wildman–Crippen MR) is 135 cm³/mol. The summed E-state index contributed by atoms with van der Waals surface area (Å²) >= 11 is 0. The second-order valence-electron chi connectivity index (χ2n) is 6.99. The predicted octanol–water partition coefficient (Wildman–Crippen LogP) is 3.32. The molecule has 2 N–H and O–H groups in total. The molecule has 6 aromatic heterocycles. The maximum Gasteiger partial charge on any atom is 1.00 e. The van der Waals surface area contributed by atoms with Crippen LogP contribution in [0.5, 0.6) is 0 Å². The topological polar surface area (TPSA) is 227 Å². The van der Waals surface area contributed by atoms with E-state index in [2.05, 4.69) is 40.3 Å². The molecule has 6 aromatic rings. The van der Waals surface area contributed by atoms with Crippen LogP contribution in [0.15, 0.2) is 107 Å². The van der Waals surface area contributed by atoms with Crippen LogP contribution in [0.3, 0.4) is 0 Å². The second kappa shape index (κ2) is 15.9. The van der Waals surface area contributed by atoms with E-state index in [9.17, 15) is 0 Å². The molecule has 0 aliphatic rings. The van der Waals surface area contributed by atoms with Crippen molar-refractivity contribution >= 4 is 0 Å². The molecule has 6 heterocycles. The van der Waals surface area contributed by atoms with Gasteiger partial charge in [-0.2, -0.15) is 0 Å². The van der Waals surface area contributed by atoms with Gasteiger partial charge in [-0.1, -0.05) is 0 Å². The molecule has 0 spiro atoms. The minimum absolute atomic E-state index is 0. The van der Waals surface area contributed by atoms with Crippen molar-refractivity contribution < 1.29 is 41.8 Å². The van der Waals surface area contributed by atoms with Gasteiger partial charge in [0.25, 0.3) is 0 Å². The van der Waals surface area contributed by atoms with Crippen LogP contribution in [0, 0.1) is 15.3 Å². The van der Waals surface area contributed by atoms with Crippen LogP contribution < -0.4 is 0 Å². The summed E-state index contributed by atoms with van der Waals surface area (Å²) in [5, 5.41) is 30.7. The molecule has 0 amide bonds. The Morgan fingerprint density at radius 2 is 0.650 bits per heavy atom. The molecule has 0 bridgehead atoms. The van der Waals surface area contributed by atoms with Gasteiger partial charge >= 0.3 is 22.4 Å². The third-order valence-corrected chi connectivity index (χ3v) is 4.56. The summed E-state index contributed by atoms with van der Waals surface area (Å²) in [6.45, 7) is 0. The van der Waals surface area contributed by atoms with Crippen LogP contribution >= 0.6 is 0 Å². The average molecular weight is 636 g/mol. The number of rotatable bonds is 4. The van der Waals surface area contributed by atoms with Crippen LogP contribution in [0.4, 0.5) is 0 Å². The van der Waals surface area contributed by atoms with E-state index in [1.165, 1.54) is 0 Å². The van der Waals surface area contributed by atoms with E-state index in [1.807, 2.05) is 48.5 Å². The molecule has 15 nitrogen and oxygen atoms in total. The minimum atomic E-state index is -1.75. The first-order valence-electron chi connectivity index (χ1n) is 10.7. The zero-order valence-corrected chi connectivity index (χ0v) is 21.6. The average Bonchev–Trinajstić information content (AvgIpc) is 3.66. The van der Waals surface area contributed by atoms with Gasteiger partial charge in [0.1, 0.15) is 0 Å². The Bertz CT molecular complexity index is 1330. The Labute approximate surface area is 241 Å². The molecule has 206 valence electrons. The molecule has 0 radical (unpaired) electrons. The maximum absolute atomic E-state index is 8.25. The zero-order chi connectivity index (χ0) is 26.6. The number of pyridine rings is 4. The standard InChI is InChI=1S/2C12H8N4O.Ag.NO3.H2O/c2*1-5-13-6-2-9(1)11-15-16-12(17-11)10-3-7-14-8-4-10;;2-1(3)4;/h2*1-8H;;;1H2/q;;+1;-1;. The Balaban J connectivity index is 0.000000237. The SMILES string of the molecule is O.O=[N+]([O-])[O-].[Ag+].c1cc(-c2nnc(-c3ccncc3)o2)ccn1.c1cc(-c2nnc(-c3ccncc3)o2)ccn1. The summed E-state index contributed by atoms with van der Waals surface area (Å²) in [5.74, 6) is 1.94. The van der Waals surface area contributed by atoms with Gasteiger partial charge in [0.05, 0.1) is 5.09 Å². The van der Waals surface area contributed by atoms with Crippen molar-refractivity contribution in [2.45, 2.75) is 0 Å². The zero-order valence-electron chi connectivity index (χ0n) is 20.1. The van der Waals surface area contributed by atoms with Crippen LogP contribution in [0.1, 0.15) is 0 Å². The molecule has 16 heteroatoms. The molecular formula is C24H18AgN9O6. The summed E-state index contributed by atoms with van der Waals surface area (Å²) in [6.07, 6.45) is 13.5. The Morgan fingerprint density at radius 3 is 0.825 bits per heavy atom. The van der Waals surface area contributed by atoms with E-state index >= 15 is 0 Å². The summed E-state index contributed by atoms with van der Waals surface area (Å²) in [4.78, 5) is 24.0. The minimum Gasteiger partial charge on any atom is -0.416 e. The van der Waals surface area contributed by atoms with Crippen molar-refractivity contribution in [2.75, 3.05) is 0 Å². The first-order chi connectivity index (χ1) is 18.6. The monoisotopic (exact) mass is 635 g/mol. The smallest absolute Gasteiger partial charge is 0.416 e. The third-order valence-electron chi connectivity index (χ3n) is 4.56. The van der Waals surface area contributed by atoms with E-state index < -0.39 is 5.09 Å². The van der Waals surface area contributed by atoms with E-state index in [1.54, 1.807) is 49.6 Å². The fourth-order valence-corrected chi connectivity index (χ4v) is 2.89. The first kappa shape index (κ1) is 31.0. The molecule has 0 unspecified atom stereocenters. The van der Waals surface area contributed by atoms with Crippen molar-refractivity contribution in [1.29, 1.82) is 0 Å². The summed E-state index contributed by atoms with van der Waals surface area (Å²) in [6, 6.07) is 14.6. The van der Waals surface area contributed by atoms with Crippen molar-refractivity contribution in [3.05, 3.63) is 113 Å². The Hall–Kier alpha value is -5.22. The van der Waals surface area contributed by atoms with Crippen molar-refractivity contribution in [3.8, 4) is 45.8 Å². The summed E-state index contributed by atoms with van der Waals surface area (Å²) < 4.78 is 11.2. The second-order valence-corrected chi connectivity index (χ2v) is 6.99. The van der Waals surface area contributed by atoms with E-state index in [4.69, 9.17) is 24.2 Å². The van der Waals surface area contributed by atoms with Gasteiger partial charge in [-0.15, -0.1) is 20.4 Å². The number of hydrogen-bond donors (Lipinski definition) is 0. The molecule has 0 saturated heterocycles. The van der Waals surface area contributed by atoms with Crippen molar-refractivity contribution in [1.82, 2.24) is 40.3 Å². The van der Waals surface area contributed by atoms with Gasteiger partial charge in [-0.05, 0) is 48.5 Å². The van der Waals surface area contributed by atoms with Gasteiger partial charge in [0.15, 0.2) is 0 Å². The Morgan fingerprint density at radius 1 is 0.475 bits per heavy atom. The van der Waals surface area contributed by atoms with Gasteiger partial charge in [0, 0.05) is 71.8 Å². The van der Waals surface area contributed by atoms with Gasteiger partial charge in [0.2, 0.25) is 23.6 Å². The Kier molecular flexibility index (Phi) is 12.3. The third kappa shape index (κ3) is 8.96. The maximum atomic E-state index is 8.25. The molecule has 40 heavy (non-hydrogen) atoms. The fraction of sp³-hybridized carbons (Fsp3) is 0. The van der Waals surface area contributed by atoms with Crippen molar-refractivity contribution in [3.63, 3.8) is 0 Å². The molecule has 0 saturated carbocycles. The molecule has 0 atom stereocenters. The van der Waals surface area contributed by atoms with E-state index in [-0.39, 0.29) is 27.9 Å². The number of nitrogens with zero attached hydrogens (tertiary/aromatic N) is 9.